The Balaban J connectivity index is 2.20. The minimum absolute atomic E-state index is 0.0795. The lowest BCUT2D eigenvalue weighted by molar-refractivity contribution is 0.0690. The van der Waals surface area contributed by atoms with Crippen LogP contribution in [0.4, 0.5) is 0 Å². The average molecular weight is 197 g/mol. The topological polar surface area (TPSA) is 88.2 Å². The van der Waals surface area contributed by atoms with Crippen molar-refractivity contribution in [2.45, 2.75) is 31.4 Å². The second-order valence-corrected chi connectivity index (χ2v) is 3.45. The van der Waals surface area contributed by atoms with Crippen molar-refractivity contribution in [3.05, 3.63) is 11.9 Å². The van der Waals surface area contributed by atoms with Crippen LogP contribution in [-0.4, -0.2) is 37.3 Å². The van der Waals surface area contributed by atoms with Gasteiger partial charge < -0.3 is 10.2 Å². The molecule has 1 aromatic heterocycles. The number of aliphatic hydroxyl groups is 1. The number of rotatable bonds is 2. The van der Waals surface area contributed by atoms with Gasteiger partial charge in [-0.1, -0.05) is 5.21 Å². The highest BCUT2D eigenvalue weighted by atomic mass is 16.4. The van der Waals surface area contributed by atoms with Crippen molar-refractivity contribution in [1.82, 2.24) is 15.0 Å². The molecular weight excluding hydrogens is 186 g/mol. The molecule has 0 aromatic carbocycles. The number of hydrogen-bond donors (Lipinski definition) is 2. The van der Waals surface area contributed by atoms with Crippen molar-refractivity contribution in [1.29, 1.82) is 0 Å². The normalized spacial score (nSPS) is 26.6. The molecule has 1 heterocycles. The predicted octanol–water partition coefficient (Wildman–Crippen LogP) is 0.0622. The number of aromatic nitrogens is 3. The van der Waals surface area contributed by atoms with Gasteiger partial charge in [0.15, 0.2) is 5.69 Å². The zero-order valence-electron chi connectivity index (χ0n) is 7.50. The molecule has 0 unspecified atom stereocenters. The first-order chi connectivity index (χ1) is 6.68. The van der Waals surface area contributed by atoms with E-state index in [4.69, 9.17) is 5.11 Å². The molecule has 14 heavy (non-hydrogen) atoms. The van der Waals surface area contributed by atoms with E-state index in [1.807, 2.05) is 0 Å². The molecule has 6 nitrogen and oxygen atoms in total. The zero-order chi connectivity index (χ0) is 10.1. The fraction of sp³-hybridized carbons (Fsp3) is 0.625. The van der Waals surface area contributed by atoms with Crippen molar-refractivity contribution in [2.75, 3.05) is 0 Å². The summed E-state index contributed by atoms with van der Waals surface area (Å²) in [6.45, 7) is 0. The number of carboxylic acid groups (broad SMARTS) is 1. The Morgan fingerprint density at radius 3 is 2.86 bits per heavy atom. The van der Waals surface area contributed by atoms with Crippen LogP contribution in [0, 0.1) is 0 Å². The average Bonchev–Trinajstić information content (AvgIpc) is 2.71. The maximum atomic E-state index is 10.5. The Bertz CT molecular complexity index is 349. The van der Waals surface area contributed by atoms with Crippen LogP contribution in [0.1, 0.15) is 35.8 Å². The summed E-state index contributed by atoms with van der Waals surface area (Å²) in [5.74, 6) is -1.09. The quantitative estimate of drug-likeness (QED) is 0.700. The van der Waals surface area contributed by atoms with Gasteiger partial charge in [0, 0.05) is 0 Å². The fourth-order valence-electron chi connectivity index (χ4n) is 1.77. The van der Waals surface area contributed by atoms with Gasteiger partial charge in [-0.05, 0) is 19.3 Å². The van der Waals surface area contributed by atoms with E-state index in [0.29, 0.717) is 0 Å². The van der Waals surface area contributed by atoms with E-state index in [2.05, 4.69) is 10.3 Å². The summed E-state index contributed by atoms with van der Waals surface area (Å²) in [5.41, 5.74) is -0.0795. The monoisotopic (exact) mass is 197 g/mol. The molecule has 0 bridgehead atoms. The standard InChI is InChI=1S/C8H11N3O3/c12-7-3-1-2-6(7)11-4-5(8(13)14)9-10-11/h4,6-7,12H,1-3H2,(H,13,14)/t6-,7-/m0/s1. The van der Waals surface area contributed by atoms with Crippen LogP contribution in [-0.2, 0) is 0 Å². The van der Waals surface area contributed by atoms with Crippen LogP contribution in [0.15, 0.2) is 6.20 Å². The third-order valence-corrected chi connectivity index (χ3v) is 2.51. The summed E-state index contributed by atoms with van der Waals surface area (Å²) in [7, 11) is 0. The molecule has 0 radical (unpaired) electrons. The lowest BCUT2D eigenvalue weighted by atomic mass is 10.2. The van der Waals surface area contributed by atoms with E-state index in [0.717, 1.165) is 19.3 Å². The van der Waals surface area contributed by atoms with Gasteiger partial charge in [-0.3, -0.25) is 0 Å². The Morgan fingerprint density at radius 1 is 1.57 bits per heavy atom. The number of hydrogen-bond acceptors (Lipinski definition) is 4. The van der Waals surface area contributed by atoms with Gasteiger partial charge >= 0.3 is 5.97 Å². The minimum Gasteiger partial charge on any atom is -0.476 e. The van der Waals surface area contributed by atoms with Gasteiger partial charge in [-0.25, -0.2) is 9.48 Å². The van der Waals surface area contributed by atoms with Gasteiger partial charge in [-0.15, -0.1) is 5.10 Å². The van der Waals surface area contributed by atoms with Crippen molar-refractivity contribution in [3.63, 3.8) is 0 Å². The van der Waals surface area contributed by atoms with Crippen molar-refractivity contribution in [2.24, 2.45) is 0 Å². The van der Waals surface area contributed by atoms with Crippen LogP contribution in [0.2, 0.25) is 0 Å². The molecule has 0 amide bonds. The highest BCUT2D eigenvalue weighted by Gasteiger charge is 2.28. The third kappa shape index (κ3) is 1.48. The minimum atomic E-state index is -1.09. The van der Waals surface area contributed by atoms with Crippen LogP contribution >= 0.6 is 0 Å². The SMILES string of the molecule is O=C(O)c1cn([C@H]2CCC[C@@H]2O)nn1. The molecule has 1 fully saturated rings. The lowest BCUT2D eigenvalue weighted by Gasteiger charge is -2.13. The van der Waals surface area contributed by atoms with Crippen molar-refractivity contribution in [3.8, 4) is 0 Å². The van der Waals surface area contributed by atoms with E-state index >= 15 is 0 Å². The smallest absolute Gasteiger partial charge is 0.358 e. The molecule has 1 aromatic rings. The molecule has 6 heteroatoms. The first-order valence-corrected chi connectivity index (χ1v) is 4.51. The molecule has 2 rings (SSSR count). The fourth-order valence-corrected chi connectivity index (χ4v) is 1.77. The number of aliphatic hydroxyl groups excluding tert-OH is 1. The summed E-state index contributed by atoms with van der Waals surface area (Å²) in [4.78, 5) is 10.5. The third-order valence-electron chi connectivity index (χ3n) is 2.51. The van der Waals surface area contributed by atoms with Gasteiger partial charge in [0.05, 0.1) is 18.3 Å². The van der Waals surface area contributed by atoms with Gasteiger partial charge in [0.25, 0.3) is 0 Å². The molecule has 1 saturated carbocycles. The Labute approximate surface area is 80.2 Å². The largest absolute Gasteiger partial charge is 0.476 e. The molecule has 2 N–H and O–H groups in total. The molecule has 76 valence electrons. The summed E-state index contributed by atoms with van der Waals surface area (Å²) in [6.07, 6.45) is 3.44. The Hall–Kier alpha value is -1.43. The summed E-state index contributed by atoms with van der Waals surface area (Å²) in [6, 6.07) is -0.115. The molecular formula is C8H11N3O3. The van der Waals surface area contributed by atoms with Crippen molar-refractivity contribution >= 4 is 5.97 Å². The maximum absolute atomic E-state index is 10.5. The van der Waals surface area contributed by atoms with Gasteiger partial charge in [-0.2, -0.15) is 0 Å². The van der Waals surface area contributed by atoms with Crippen LogP contribution in [0.3, 0.4) is 0 Å². The summed E-state index contributed by atoms with van der Waals surface area (Å²) < 4.78 is 1.45. The molecule has 0 spiro atoms. The number of carboxylic acids is 1. The maximum Gasteiger partial charge on any atom is 0.358 e. The first kappa shape index (κ1) is 9.14. The highest BCUT2D eigenvalue weighted by molar-refractivity contribution is 5.84. The molecule has 1 aliphatic rings. The van der Waals surface area contributed by atoms with Gasteiger partial charge in [0.1, 0.15) is 0 Å². The van der Waals surface area contributed by atoms with E-state index in [1.165, 1.54) is 10.9 Å². The molecule has 0 saturated heterocycles. The lowest BCUT2D eigenvalue weighted by Crippen LogP contribution is -2.18. The Morgan fingerprint density at radius 2 is 2.36 bits per heavy atom. The number of aromatic carboxylic acids is 1. The van der Waals surface area contributed by atoms with Gasteiger partial charge in [0.2, 0.25) is 0 Å². The van der Waals surface area contributed by atoms with E-state index in [1.54, 1.807) is 0 Å². The van der Waals surface area contributed by atoms with E-state index < -0.39 is 12.1 Å². The molecule has 2 atom stereocenters. The van der Waals surface area contributed by atoms with E-state index in [-0.39, 0.29) is 11.7 Å². The highest BCUT2D eigenvalue weighted by Crippen LogP contribution is 2.29. The first-order valence-electron chi connectivity index (χ1n) is 4.51. The number of nitrogens with zero attached hydrogens (tertiary/aromatic N) is 3. The number of carbonyl (C=O) groups is 1. The second-order valence-electron chi connectivity index (χ2n) is 3.45. The molecule has 0 aliphatic heterocycles. The predicted molar refractivity (Wildman–Crippen MR) is 45.9 cm³/mol. The molecule has 1 aliphatic carbocycles. The summed E-state index contributed by atoms with van der Waals surface area (Å²) >= 11 is 0. The van der Waals surface area contributed by atoms with Crippen LogP contribution in [0.5, 0.6) is 0 Å². The summed E-state index contributed by atoms with van der Waals surface area (Å²) in [5, 5.41) is 25.4. The second kappa shape index (κ2) is 3.38. The van der Waals surface area contributed by atoms with E-state index in [9.17, 15) is 9.90 Å². The Kier molecular flexibility index (Phi) is 2.20. The zero-order valence-corrected chi connectivity index (χ0v) is 7.50. The van der Waals surface area contributed by atoms with Crippen LogP contribution < -0.4 is 0 Å². The van der Waals surface area contributed by atoms with Crippen LogP contribution in [0.25, 0.3) is 0 Å². The van der Waals surface area contributed by atoms with Crippen molar-refractivity contribution < 1.29 is 15.0 Å².